The molecule has 0 bridgehead atoms. The van der Waals surface area contributed by atoms with Gasteiger partial charge in [0, 0.05) is 24.6 Å². The number of Topliss-reactive ketones (excluding diaryl/α,β-unsaturated/α-hetero) is 1. The molecule has 0 fully saturated rings. The monoisotopic (exact) mass is 304 g/mol. The maximum Gasteiger partial charge on any atom is 0.336 e. The summed E-state index contributed by atoms with van der Waals surface area (Å²) in [6.07, 6.45) is 2.36. The number of aromatic carboxylic acids is 1. The van der Waals surface area contributed by atoms with Crippen molar-refractivity contribution in [3.8, 4) is 6.07 Å². The van der Waals surface area contributed by atoms with Gasteiger partial charge in [-0.05, 0) is 35.4 Å². The van der Waals surface area contributed by atoms with Crippen molar-refractivity contribution in [1.82, 2.24) is 0 Å². The van der Waals surface area contributed by atoms with E-state index in [-0.39, 0.29) is 23.3 Å². The van der Waals surface area contributed by atoms with E-state index in [1.54, 1.807) is 36.5 Å². The first kappa shape index (κ1) is 14.7. The summed E-state index contributed by atoms with van der Waals surface area (Å²) in [6.45, 7) is 0. The van der Waals surface area contributed by atoms with E-state index >= 15 is 0 Å². The number of carbonyl (C=O) groups excluding carboxylic acids is 1. The molecule has 1 heterocycles. The maximum absolute atomic E-state index is 12.5. The molecular formula is C18H12N2O3. The number of carboxylic acid groups (broad SMARTS) is 1. The minimum atomic E-state index is -1.12. The Kier molecular flexibility index (Phi) is 3.73. The van der Waals surface area contributed by atoms with Gasteiger partial charge in [-0.1, -0.05) is 12.1 Å². The minimum Gasteiger partial charge on any atom is -0.478 e. The molecule has 0 radical (unpaired) electrons. The van der Waals surface area contributed by atoms with Crippen molar-refractivity contribution >= 4 is 23.7 Å². The predicted molar refractivity (Wildman–Crippen MR) is 84.4 cm³/mol. The third kappa shape index (κ3) is 2.87. The van der Waals surface area contributed by atoms with Gasteiger partial charge in [-0.2, -0.15) is 5.26 Å². The fourth-order valence-electron chi connectivity index (χ4n) is 2.54. The molecule has 5 nitrogen and oxygen atoms in total. The van der Waals surface area contributed by atoms with Crippen LogP contribution in [0.4, 0.5) is 5.69 Å². The van der Waals surface area contributed by atoms with Crippen LogP contribution in [0.25, 0.3) is 0 Å². The lowest BCUT2D eigenvalue weighted by Crippen LogP contribution is -2.11. The van der Waals surface area contributed by atoms with Gasteiger partial charge in [0.05, 0.1) is 22.9 Å². The van der Waals surface area contributed by atoms with Gasteiger partial charge in [0.2, 0.25) is 0 Å². The molecule has 2 aromatic carbocycles. The number of nitriles is 1. The number of hydrogen-bond acceptors (Lipinski definition) is 4. The summed E-state index contributed by atoms with van der Waals surface area (Å²) in [4.78, 5) is 28.1. The number of hydrogen-bond donors (Lipinski definition) is 1. The van der Waals surface area contributed by atoms with Crippen molar-refractivity contribution < 1.29 is 14.7 Å². The van der Waals surface area contributed by atoms with Gasteiger partial charge in [0.25, 0.3) is 0 Å². The van der Waals surface area contributed by atoms with Crippen LogP contribution in [-0.2, 0) is 12.8 Å². The summed E-state index contributed by atoms with van der Waals surface area (Å²) < 4.78 is 0. The zero-order chi connectivity index (χ0) is 16.4. The fourth-order valence-corrected chi connectivity index (χ4v) is 2.54. The van der Waals surface area contributed by atoms with Crippen LogP contribution in [-0.4, -0.2) is 23.1 Å². The highest BCUT2D eigenvalue weighted by Gasteiger charge is 2.21. The first-order valence-electron chi connectivity index (χ1n) is 7.03. The summed E-state index contributed by atoms with van der Waals surface area (Å²) in [5.41, 5.74) is 2.89. The van der Waals surface area contributed by atoms with Gasteiger partial charge in [0.1, 0.15) is 0 Å². The normalized spacial score (nSPS) is 11.8. The average molecular weight is 304 g/mol. The number of ketones is 1. The van der Waals surface area contributed by atoms with Gasteiger partial charge >= 0.3 is 5.97 Å². The molecule has 0 aliphatic carbocycles. The van der Waals surface area contributed by atoms with Gasteiger partial charge in [-0.3, -0.25) is 9.79 Å². The Bertz CT molecular complexity index is 874. The Morgan fingerprint density at radius 3 is 2.57 bits per heavy atom. The SMILES string of the molecule is N#Cc1ccc(CC(=O)c2cc3c(cc2C(=O)O)CC=N3)cc1. The first-order chi connectivity index (χ1) is 11.1. The van der Waals surface area contributed by atoms with E-state index in [0.717, 1.165) is 11.1 Å². The molecule has 0 saturated heterocycles. The van der Waals surface area contributed by atoms with E-state index in [1.165, 1.54) is 6.07 Å². The number of nitrogens with zero attached hydrogens (tertiary/aromatic N) is 2. The van der Waals surface area contributed by atoms with Crippen molar-refractivity contribution in [2.24, 2.45) is 4.99 Å². The van der Waals surface area contributed by atoms with E-state index in [9.17, 15) is 14.7 Å². The number of rotatable bonds is 4. The molecular weight excluding hydrogens is 292 g/mol. The largest absolute Gasteiger partial charge is 0.478 e. The molecule has 0 saturated carbocycles. The van der Waals surface area contributed by atoms with Crippen molar-refractivity contribution in [3.63, 3.8) is 0 Å². The van der Waals surface area contributed by atoms with E-state index in [1.807, 2.05) is 6.07 Å². The van der Waals surface area contributed by atoms with Crippen molar-refractivity contribution in [3.05, 3.63) is 64.2 Å². The van der Waals surface area contributed by atoms with Crippen LogP contribution in [0.15, 0.2) is 41.4 Å². The molecule has 0 aromatic heterocycles. The molecule has 5 heteroatoms. The maximum atomic E-state index is 12.5. The zero-order valence-corrected chi connectivity index (χ0v) is 12.1. The third-order valence-corrected chi connectivity index (χ3v) is 3.74. The third-order valence-electron chi connectivity index (χ3n) is 3.74. The van der Waals surface area contributed by atoms with Crippen LogP contribution in [0.2, 0.25) is 0 Å². The second kappa shape index (κ2) is 5.85. The Hall–Kier alpha value is -3.26. The predicted octanol–water partition coefficient (Wildman–Crippen LogP) is 2.94. The van der Waals surface area contributed by atoms with Crippen molar-refractivity contribution in [2.45, 2.75) is 12.8 Å². The molecule has 0 atom stereocenters. The number of benzene rings is 2. The van der Waals surface area contributed by atoms with E-state index < -0.39 is 5.97 Å². The zero-order valence-electron chi connectivity index (χ0n) is 12.1. The molecule has 2 aromatic rings. The first-order valence-corrected chi connectivity index (χ1v) is 7.03. The standard InChI is InChI=1S/C18H12N2O3/c19-10-12-3-1-11(2-4-12)7-17(21)14-9-16-13(5-6-20-16)8-15(14)18(22)23/h1-4,6,8-9H,5,7H2,(H,22,23). The topological polar surface area (TPSA) is 90.5 Å². The summed E-state index contributed by atoms with van der Waals surface area (Å²) in [6, 6.07) is 11.7. The molecule has 0 unspecified atom stereocenters. The number of fused-ring (bicyclic) bond motifs is 1. The minimum absolute atomic E-state index is 0.00731. The van der Waals surface area contributed by atoms with Crippen LogP contribution in [0, 0.1) is 11.3 Å². The highest BCUT2D eigenvalue weighted by molar-refractivity contribution is 6.08. The fraction of sp³-hybridized carbons (Fsp3) is 0.111. The van der Waals surface area contributed by atoms with E-state index in [4.69, 9.17) is 5.26 Å². The molecule has 0 amide bonds. The van der Waals surface area contributed by atoms with Crippen molar-refractivity contribution in [2.75, 3.05) is 0 Å². The van der Waals surface area contributed by atoms with E-state index in [0.29, 0.717) is 17.7 Å². The van der Waals surface area contributed by atoms with Gasteiger partial charge in [-0.15, -0.1) is 0 Å². The molecule has 0 spiro atoms. The highest BCUT2D eigenvalue weighted by Crippen LogP contribution is 2.29. The second-order valence-corrected chi connectivity index (χ2v) is 5.26. The number of carbonyl (C=O) groups is 2. The quantitative estimate of drug-likeness (QED) is 0.879. The molecule has 1 aliphatic rings. The van der Waals surface area contributed by atoms with Crippen LogP contribution >= 0.6 is 0 Å². The number of carboxylic acids is 1. The summed E-state index contributed by atoms with van der Waals surface area (Å²) in [7, 11) is 0. The van der Waals surface area contributed by atoms with E-state index in [2.05, 4.69) is 4.99 Å². The summed E-state index contributed by atoms with van der Waals surface area (Å²) >= 11 is 0. The van der Waals surface area contributed by atoms with Crippen LogP contribution in [0.3, 0.4) is 0 Å². The van der Waals surface area contributed by atoms with Gasteiger partial charge < -0.3 is 5.11 Å². The van der Waals surface area contributed by atoms with Crippen molar-refractivity contribution in [1.29, 1.82) is 5.26 Å². The second-order valence-electron chi connectivity index (χ2n) is 5.26. The molecule has 1 N–H and O–H groups in total. The Balaban J connectivity index is 1.93. The molecule has 3 rings (SSSR count). The van der Waals surface area contributed by atoms with Crippen LogP contribution in [0.1, 0.15) is 37.4 Å². The Morgan fingerprint density at radius 2 is 1.91 bits per heavy atom. The number of aliphatic imine (C=N–C) groups is 1. The average Bonchev–Trinajstić information content (AvgIpc) is 3.01. The Labute approximate surface area is 132 Å². The summed E-state index contributed by atoms with van der Waals surface area (Å²) in [5.74, 6) is -1.40. The lowest BCUT2D eigenvalue weighted by Gasteiger charge is -2.08. The lowest BCUT2D eigenvalue weighted by atomic mass is 9.95. The molecule has 1 aliphatic heterocycles. The van der Waals surface area contributed by atoms with Crippen LogP contribution in [0.5, 0.6) is 0 Å². The smallest absolute Gasteiger partial charge is 0.336 e. The van der Waals surface area contributed by atoms with Gasteiger partial charge in [0.15, 0.2) is 5.78 Å². The molecule has 23 heavy (non-hydrogen) atoms. The summed E-state index contributed by atoms with van der Waals surface area (Å²) in [5, 5.41) is 18.1. The van der Waals surface area contributed by atoms with Gasteiger partial charge in [-0.25, -0.2) is 4.79 Å². The van der Waals surface area contributed by atoms with Crippen LogP contribution < -0.4 is 0 Å². The molecule has 112 valence electrons. The highest BCUT2D eigenvalue weighted by atomic mass is 16.4. The Morgan fingerprint density at radius 1 is 1.17 bits per heavy atom. The lowest BCUT2D eigenvalue weighted by molar-refractivity contribution is 0.0692.